The Kier molecular flexibility index (Phi) is 14.1. The average Bonchev–Trinajstić information content (AvgIpc) is 3.55. The minimum absolute atomic E-state index is 0.279. The highest BCUT2D eigenvalue weighted by Crippen LogP contribution is 2.26. The van der Waals surface area contributed by atoms with Gasteiger partial charge >= 0.3 is 6.09 Å². The van der Waals surface area contributed by atoms with Crippen LogP contribution in [-0.4, -0.2) is 141 Å². The highest BCUT2D eigenvalue weighted by molar-refractivity contribution is 5.85. The molecule has 3 saturated heterocycles. The summed E-state index contributed by atoms with van der Waals surface area (Å²) in [5, 5.41) is 6.41. The molecule has 11 heteroatoms. The van der Waals surface area contributed by atoms with Crippen LogP contribution in [0.1, 0.15) is 58.6 Å². The van der Waals surface area contributed by atoms with Crippen molar-refractivity contribution in [3.63, 3.8) is 0 Å². The van der Waals surface area contributed by atoms with Crippen molar-refractivity contribution in [1.29, 1.82) is 0 Å². The van der Waals surface area contributed by atoms with E-state index in [1.807, 2.05) is 20.8 Å². The molecule has 1 aromatic rings. The fourth-order valence-electron chi connectivity index (χ4n) is 6.36. The van der Waals surface area contributed by atoms with Crippen molar-refractivity contribution in [3.8, 4) is 0 Å². The Morgan fingerprint density at radius 2 is 1.64 bits per heavy atom. The number of hydrogen-bond donors (Lipinski definition) is 2. The third-order valence-electron chi connectivity index (χ3n) is 8.23. The quantitative estimate of drug-likeness (QED) is 0.286. The molecule has 0 aromatic heterocycles. The van der Waals surface area contributed by atoms with Crippen molar-refractivity contribution >= 4 is 11.8 Å². The zero-order valence-corrected chi connectivity index (χ0v) is 28.1. The first-order valence-electron chi connectivity index (χ1n) is 16.9. The standard InChI is InChI=1S/C33H59N7O4/c1-6-8-34-9-18-42-19-15-36-11-12-37(27-36)25-28-22-29(24-30(23-28)35-31(41)44-33(3,4)5)26-40-14-13-39-17-21-43-20-16-38(10-7-2)32(39)40/h22-24,32,34H,6-21,25-27H2,1-5H3,(H,35,41). The molecule has 3 heterocycles. The summed E-state index contributed by atoms with van der Waals surface area (Å²) in [6.07, 6.45) is 2.13. The molecule has 1 unspecified atom stereocenters. The minimum Gasteiger partial charge on any atom is -0.444 e. The topological polar surface area (TPSA) is 85.0 Å². The van der Waals surface area contributed by atoms with Crippen LogP contribution in [0.4, 0.5) is 10.5 Å². The monoisotopic (exact) mass is 617 g/mol. The Labute approximate surface area is 266 Å². The van der Waals surface area contributed by atoms with E-state index in [0.29, 0.717) is 0 Å². The molecule has 11 nitrogen and oxygen atoms in total. The molecule has 1 aromatic carbocycles. The lowest BCUT2D eigenvalue weighted by Crippen LogP contribution is -2.55. The number of nitrogens with zero attached hydrogens (tertiary/aromatic N) is 5. The van der Waals surface area contributed by atoms with Crippen LogP contribution >= 0.6 is 0 Å². The van der Waals surface area contributed by atoms with Gasteiger partial charge in [0.05, 0.1) is 33.1 Å². The average molecular weight is 618 g/mol. The van der Waals surface area contributed by atoms with E-state index in [-0.39, 0.29) is 6.29 Å². The maximum atomic E-state index is 12.8. The molecule has 0 radical (unpaired) electrons. The molecule has 44 heavy (non-hydrogen) atoms. The maximum absolute atomic E-state index is 12.8. The third-order valence-corrected chi connectivity index (χ3v) is 8.23. The normalized spacial score (nSPS) is 21.3. The lowest BCUT2D eigenvalue weighted by atomic mass is 10.1. The molecule has 1 atom stereocenters. The van der Waals surface area contributed by atoms with E-state index in [9.17, 15) is 4.79 Å². The lowest BCUT2D eigenvalue weighted by molar-refractivity contribution is -0.0621. The fourth-order valence-corrected chi connectivity index (χ4v) is 6.36. The number of fused-ring (bicyclic) bond motifs is 1. The number of nitrogens with one attached hydrogen (secondary N) is 2. The van der Waals surface area contributed by atoms with E-state index >= 15 is 0 Å². The summed E-state index contributed by atoms with van der Waals surface area (Å²) in [4.78, 5) is 25.4. The number of hydrogen-bond acceptors (Lipinski definition) is 10. The van der Waals surface area contributed by atoms with Gasteiger partial charge < -0.3 is 19.5 Å². The van der Waals surface area contributed by atoms with Gasteiger partial charge in [-0.2, -0.15) is 0 Å². The van der Waals surface area contributed by atoms with E-state index < -0.39 is 11.7 Å². The zero-order valence-electron chi connectivity index (χ0n) is 28.1. The second kappa shape index (κ2) is 17.8. The van der Waals surface area contributed by atoms with Crippen LogP contribution < -0.4 is 10.6 Å². The number of carbonyl (C=O) groups is 1. The van der Waals surface area contributed by atoms with E-state index in [2.05, 4.69) is 67.2 Å². The Balaban J connectivity index is 1.41. The van der Waals surface area contributed by atoms with Crippen LogP contribution in [0.5, 0.6) is 0 Å². The third kappa shape index (κ3) is 11.5. The van der Waals surface area contributed by atoms with Gasteiger partial charge in [0.25, 0.3) is 0 Å². The van der Waals surface area contributed by atoms with Gasteiger partial charge in [-0.1, -0.05) is 19.9 Å². The summed E-state index contributed by atoms with van der Waals surface area (Å²) in [6.45, 7) is 25.8. The van der Waals surface area contributed by atoms with Gasteiger partial charge in [0.2, 0.25) is 0 Å². The van der Waals surface area contributed by atoms with Gasteiger partial charge in [0.1, 0.15) is 11.9 Å². The number of rotatable bonds is 15. The van der Waals surface area contributed by atoms with Crippen molar-refractivity contribution in [2.24, 2.45) is 0 Å². The summed E-state index contributed by atoms with van der Waals surface area (Å²) in [6, 6.07) is 6.55. The van der Waals surface area contributed by atoms with Crippen molar-refractivity contribution < 1.29 is 19.0 Å². The second-order valence-corrected chi connectivity index (χ2v) is 13.3. The molecule has 0 saturated carbocycles. The molecule has 1 amide bonds. The molecule has 0 aliphatic carbocycles. The maximum Gasteiger partial charge on any atom is 0.412 e. The van der Waals surface area contributed by atoms with Crippen molar-refractivity contribution in [2.75, 3.05) is 104 Å². The number of carbonyl (C=O) groups excluding carboxylic acids is 1. The van der Waals surface area contributed by atoms with Crippen molar-refractivity contribution in [3.05, 3.63) is 29.3 Å². The number of amides is 1. The van der Waals surface area contributed by atoms with Crippen LogP contribution in [0.2, 0.25) is 0 Å². The van der Waals surface area contributed by atoms with Crippen LogP contribution in [0.25, 0.3) is 0 Å². The first-order chi connectivity index (χ1) is 21.2. The molecule has 4 rings (SSSR count). The van der Waals surface area contributed by atoms with Gasteiger partial charge in [-0.25, -0.2) is 4.79 Å². The first kappa shape index (κ1) is 35.0. The molecule has 0 bridgehead atoms. The molecule has 3 aliphatic heterocycles. The van der Waals surface area contributed by atoms with E-state index in [1.54, 1.807) is 0 Å². The fraction of sp³-hybridized carbons (Fsp3) is 0.788. The predicted octanol–water partition coefficient (Wildman–Crippen LogP) is 3.27. The molecule has 2 N–H and O–H groups in total. The Bertz CT molecular complexity index is 1010. The van der Waals surface area contributed by atoms with Crippen molar-refractivity contribution in [2.45, 2.75) is 72.4 Å². The molecule has 250 valence electrons. The van der Waals surface area contributed by atoms with Gasteiger partial charge in [-0.05, 0) is 63.4 Å². The van der Waals surface area contributed by atoms with Crippen LogP contribution in [0, 0.1) is 0 Å². The van der Waals surface area contributed by atoms with Crippen LogP contribution in [-0.2, 0) is 27.3 Å². The van der Waals surface area contributed by atoms with E-state index in [0.717, 1.165) is 130 Å². The molecule has 3 aliphatic rings. The lowest BCUT2D eigenvalue weighted by Gasteiger charge is -2.40. The number of ether oxygens (including phenoxy) is 3. The Morgan fingerprint density at radius 1 is 0.864 bits per heavy atom. The van der Waals surface area contributed by atoms with Crippen LogP contribution in [0.3, 0.4) is 0 Å². The highest BCUT2D eigenvalue weighted by atomic mass is 16.6. The zero-order chi connectivity index (χ0) is 31.4. The summed E-state index contributed by atoms with van der Waals surface area (Å²) in [5.41, 5.74) is 2.66. The second-order valence-electron chi connectivity index (χ2n) is 13.3. The minimum atomic E-state index is -0.553. The van der Waals surface area contributed by atoms with Gasteiger partial charge in [-0.15, -0.1) is 0 Å². The number of benzene rings is 1. The molecule has 0 spiro atoms. The highest BCUT2D eigenvalue weighted by Gasteiger charge is 2.36. The predicted molar refractivity (Wildman–Crippen MR) is 176 cm³/mol. The Morgan fingerprint density at radius 3 is 2.41 bits per heavy atom. The molecular weight excluding hydrogens is 558 g/mol. The molecule has 3 fully saturated rings. The smallest absolute Gasteiger partial charge is 0.412 e. The summed E-state index contributed by atoms with van der Waals surface area (Å²) in [5.74, 6) is 0. The van der Waals surface area contributed by atoms with E-state index in [1.165, 1.54) is 11.1 Å². The van der Waals surface area contributed by atoms with Gasteiger partial charge in [0, 0.05) is 77.7 Å². The number of anilines is 1. The van der Waals surface area contributed by atoms with Crippen LogP contribution in [0.15, 0.2) is 18.2 Å². The van der Waals surface area contributed by atoms with Crippen molar-refractivity contribution in [1.82, 2.24) is 29.8 Å². The first-order valence-corrected chi connectivity index (χ1v) is 16.9. The largest absolute Gasteiger partial charge is 0.444 e. The summed E-state index contributed by atoms with van der Waals surface area (Å²) < 4.78 is 17.3. The molecular formula is C33H59N7O4. The SMILES string of the molecule is CCCNCCOCCN1CCN(Cc2cc(CN3CCN4CCOCCN(CCC)C43)cc(NC(=O)OC(C)(C)C)c2)C1. The summed E-state index contributed by atoms with van der Waals surface area (Å²) in [7, 11) is 0. The summed E-state index contributed by atoms with van der Waals surface area (Å²) >= 11 is 0. The Hall–Kier alpha value is -1.83. The van der Waals surface area contributed by atoms with E-state index in [4.69, 9.17) is 14.2 Å². The van der Waals surface area contributed by atoms with Gasteiger partial charge in [0.15, 0.2) is 0 Å². The van der Waals surface area contributed by atoms with Gasteiger partial charge in [-0.3, -0.25) is 29.8 Å².